The number of fused-ring (bicyclic) bond motifs is 1. The monoisotopic (exact) mass is 517 g/mol. The van der Waals surface area contributed by atoms with Gasteiger partial charge in [0.25, 0.3) is 5.91 Å². The van der Waals surface area contributed by atoms with Crippen molar-refractivity contribution in [2.24, 2.45) is 5.92 Å². The van der Waals surface area contributed by atoms with Gasteiger partial charge < -0.3 is 30.7 Å². The second kappa shape index (κ2) is 13.9. The van der Waals surface area contributed by atoms with Crippen LogP contribution in [0, 0.1) is 5.92 Å². The third-order valence-corrected chi connectivity index (χ3v) is 6.39. The highest BCUT2D eigenvalue weighted by atomic mass is 16.5. The standard InChI is InChI=1S/C26H39N5O6/c1-17(2)23-26(35)28-18(3)16-37-21-7-5-4-6-19(21)24(33)29-20(8-9-22(32)30-23)25(34)27-10-11-31-12-14-36-15-13-31/h4-7,17-18,20,23H,8-16H2,1-3H3,(H,27,34)(H,28,35)(H,29,33)(H,30,32)/t18-,20-,23+/m0/s1. The molecule has 2 aliphatic heterocycles. The van der Waals surface area contributed by atoms with E-state index in [1.807, 2.05) is 13.8 Å². The van der Waals surface area contributed by atoms with Gasteiger partial charge in [-0.15, -0.1) is 0 Å². The first-order valence-electron chi connectivity index (χ1n) is 12.9. The molecule has 0 aliphatic carbocycles. The summed E-state index contributed by atoms with van der Waals surface area (Å²) >= 11 is 0. The summed E-state index contributed by atoms with van der Waals surface area (Å²) < 4.78 is 11.2. The van der Waals surface area contributed by atoms with Crippen molar-refractivity contribution in [1.29, 1.82) is 0 Å². The zero-order valence-electron chi connectivity index (χ0n) is 21.9. The fraction of sp³-hybridized carbons (Fsp3) is 0.615. The number of carbonyl (C=O) groups is 4. The third kappa shape index (κ3) is 8.71. The quantitative estimate of drug-likeness (QED) is 0.433. The summed E-state index contributed by atoms with van der Waals surface area (Å²) in [5, 5.41) is 11.3. The Morgan fingerprint density at radius 2 is 1.84 bits per heavy atom. The van der Waals surface area contributed by atoms with Gasteiger partial charge in [0.05, 0.1) is 24.8 Å². The van der Waals surface area contributed by atoms with E-state index in [1.165, 1.54) is 0 Å². The van der Waals surface area contributed by atoms with Gasteiger partial charge in [0.2, 0.25) is 17.7 Å². The second-order valence-electron chi connectivity index (χ2n) is 9.82. The normalized spacial score (nSPS) is 24.4. The van der Waals surface area contributed by atoms with Crippen LogP contribution < -0.4 is 26.0 Å². The van der Waals surface area contributed by atoms with E-state index in [9.17, 15) is 19.2 Å². The molecule has 37 heavy (non-hydrogen) atoms. The van der Waals surface area contributed by atoms with Crippen molar-refractivity contribution in [2.75, 3.05) is 46.0 Å². The fourth-order valence-electron chi connectivity index (χ4n) is 4.22. The molecule has 0 aromatic heterocycles. The van der Waals surface area contributed by atoms with Gasteiger partial charge in [-0.05, 0) is 31.4 Å². The molecule has 0 saturated carbocycles. The number of hydrogen-bond donors (Lipinski definition) is 4. The van der Waals surface area contributed by atoms with Crippen LogP contribution in [0.1, 0.15) is 44.0 Å². The van der Waals surface area contributed by atoms with Gasteiger partial charge in [0.15, 0.2) is 0 Å². The van der Waals surface area contributed by atoms with E-state index >= 15 is 0 Å². The van der Waals surface area contributed by atoms with Crippen LogP contribution in [0.5, 0.6) is 5.75 Å². The summed E-state index contributed by atoms with van der Waals surface area (Å²) in [6.07, 6.45) is 0.0405. The van der Waals surface area contributed by atoms with Crippen LogP contribution in [0.3, 0.4) is 0 Å². The summed E-state index contributed by atoms with van der Waals surface area (Å²) in [5.74, 6) is -1.33. The van der Waals surface area contributed by atoms with E-state index in [-0.39, 0.29) is 54.7 Å². The highest BCUT2D eigenvalue weighted by Gasteiger charge is 2.28. The van der Waals surface area contributed by atoms with E-state index in [0.717, 1.165) is 13.1 Å². The molecule has 1 fully saturated rings. The molecule has 1 saturated heterocycles. The third-order valence-electron chi connectivity index (χ3n) is 6.39. The molecule has 0 spiro atoms. The van der Waals surface area contributed by atoms with Crippen LogP contribution in [0.25, 0.3) is 0 Å². The minimum absolute atomic E-state index is 0.0357. The van der Waals surface area contributed by atoms with Gasteiger partial charge in [0.1, 0.15) is 24.4 Å². The zero-order chi connectivity index (χ0) is 26.8. The number of nitrogens with zero attached hydrogens (tertiary/aromatic N) is 1. The number of para-hydroxylation sites is 1. The molecule has 3 atom stereocenters. The second-order valence-corrected chi connectivity index (χ2v) is 9.82. The Kier molecular flexibility index (Phi) is 10.7. The minimum Gasteiger partial charge on any atom is -0.491 e. The number of nitrogens with one attached hydrogen (secondary N) is 4. The van der Waals surface area contributed by atoms with Gasteiger partial charge in [-0.25, -0.2) is 0 Å². The number of carbonyl (C=O) groups excluding carboxylic acids is 4. The highest BCUT2D eigenvalue weighted by Crippen LogP contribution is 2.19. The van der Waals surface area contributed by atoms with Gasteiger partial charge >= 0.3 is 0 Å². The highest BCUT2D eigenvalue weighted by molar-refractivity contribution is 5.99. The smallest absolute Gasteiger partial charge is 0.255 e. The molecule has 3 rings (SSSR count). The van der Waals surface area contributed by atoms with Gasteiger partial charge in [-0.2, -0.15) is 0 Å². The number of hydrogen-bond acceptors (Lipinski definition) is 7. The van der Waals surface area contributed by atoms with Crippen molar-refractivity contribution in [3.63, 3.8) is 0 Å². The predicted molar refractivity (Wildman–Crippen MR) is 137 cm³/mol. The average Bonchev–Trinajstić information content (AvgIpc) is 2.88. The predicted octanol–water partition coefficient (Wildman–Crippen LogP) is 0.0515. The molecular weight excluding hydrogens is 478 g/mol. The zero-order valence-corrected chi connectivity index (χ0v) is 21.9. The molecule has 11 nitrogen and oxygen atoms in total. The molecule has 0 unspecified atom stereocenters. The Labute approximate surface area is 218 Å². The van der Waals surface area contributed by atoms with Crippen LogP contribution in [-0.2, 0) is 19.1 Å². The maximum atomic E-state index is 13.2. The molecule has 1 aromatic rings. The molecule has 1 aromatic carbocycles. The molecule has 2 heterocycles. The lowest BCUT2D eigenvalue weighted by atomic mass is 10.0. The Morgan fingerprint density at radius 3 is 2.57 bits per heavy atom. The molecule has 0 bridgehead atoms. The van der Waals surface area contributed by atoms with E-state index in [1.54, 1.807) is 31.2 Å². The first-order chi connectivity index (χ1) is 17.7. The maximum absolute atomic E-state index is 13.2. The van der Waals surface area contributed by atoms with Crippen LogP contribution in [0.4, 0.5) is 0 Å². The van der Waals surface area contributed by atoms with Crippen LogP contribution >= 0.6 is 0 Å². The number of benzene rings is 1. The van der Waals surface area contributed by atoms with Gasteiger partial charge in [-0.1, -0.05) is 26.0 Å². The van der Waals surface area contributed by atoms with E-state index in [0.29, 0.717) is 32.1 Å². The fourth-order valence-corrected chi connectivity index (χ4v) is 4.22. The van der Waals surface area contributed by atoms with Crippen molar-refractivity contribution in [3.8, 4) is 5.75 Å². The lowest BCUT2D eigenvalue weighted by Crippen LogP contribution is -2.53. The Hall–Kier alpha value is -3.18. The number of rotatable bonds is 5. The molecular formula is C26H39N5O6. The summed E-state index contributed by atoms with van der Waals surface area (Å²) in [6, 6.07) is 4.70. The number of ether oxygens (including phenoxy) is 2. The number of morpholine rings is 1. The van der Waals surface area contributed by atoms with Gasteiger partial charge in [-0.3, -0.25) is 24.1 Å². The molecule has 0 radical (unpaired) electrons. The summed E-state index contributed by atoms with van der Waals surface area (Å²) in [6.45, 7) is 9.61. The van der Waals surface area contributed by atoms with Crippen molar-refractivity contribution >= 4 is 23.6 Å². The van der Waals surface area contributed by atoms with Crippen LogP contribution in [0.2, 0.25) is 0 Å². The first-order valence-corrected chi connectivity index (χ1v) is 12.9. The maximum Gasteiger partial charge on any atom is 0.255 e. The lowest BCUT2D eigenvalue weighted by Gasteiger charge is -2.27. The summed E-state index contributed by atoms with van der Waals surface area (Å²) in [7, 11) is 0. The Balaban J connectivity index is 1.76. The lowest BCUT2D eigenvalue weighted by molar-refractivity contribution is -0.131. The topological polar surface area (TPSA) is 138 Å². The van der Waals surface area contributed by atoms with Crippen molar-refractivity contribution < 1.29 is 28.7 Å². The van der Waals surface area contributed by atoms with Crippen molar-refractivity contribution in [3.05, 3.63) is 29.8 Å². The first kappa shape index (κ1) is 28.4. The summed E-state index contributed by atoms with van der Waals surface area (Å²) in [5.41, 5.74) is 0.270. The van der Waals surface area contributed by atoms with Crippen molar-refractivity contribution in [1.82, 2.24) is 26.2 Å². The van der Waals surface area contributed by atoms with Gasteiger partial charge in [0, 0.05) is 32.6 Å². The Bertz CT molecular complexity index is 949. The van der Waals surface area contributed by atoms with E-state index in [4.69, 9.17) is 9.47 Å². The largest absolute Gasteiger partial charge is 0.491 e. The summed E-state index contributed by atoms with van der Waals surface area (Å²) in [4.78, 5) is 54.0. The molecule has 4 amide bonds. The van der Waals surface area contributed by atoms with Crippen molar-refractivity contribution in [2.45, 2.75) is 51.7 Å². The molecule has 2 aliphatic rings. The average molecular weight is 518 g/mol. The number of amides is 4. The SMILES string of the molecule is CC(C)[C@H]1NC(=O)CC[C@@H](C(=O)NCCN2CCOCC2)NC(=O)c2ccccc2OC[C@H](C)NC1=O. The Morgan fingerprint density at radius 1 is 1.11 bits per heavy atom. The molecule has 4 N–H and O–H groups in total. The van der Waals surface area contributed by atoms with Crippen LogP contribution in [-0.4, -0.2) is 92.7 Å². The van der Waals surface area contributed by atoms with E-state index < -0.39 is 18.0 Å². The minimum atomic E-state index is -0.939. The van der Waals surface area contributed by atoms with Crippen LogP contribution in [0.15, 0.2) is 24.3 Å². The molecule has 204 valence electrons. The molecule has 11 heteroatoms. The van der Waals surface area contributed by atoms with E-state index in [2.05, 4.69) is 26.2 Å².